The fourth-order valence-electron chi connectivity index (χ4n) is 7.79. The summed E-state index contributed by atoms with van der Waals surface area (Å²) in [6.45, 7) is 8.64. The molecule has 3 aliphatic heterocycles. The van der Waals surface area contributed by atoms with Crippen molar-refractivity contribution >= 4 is 17.7 Å². The fraction of sp³-hybridized carbons (Fsp3) is 0.342. The first-order chi connectivity index (χ1) is 22.4. The van der Waals surface area contributed by atoms with Crippen LogP contribution in [0.25, 0.3) is 0 Å². The molecule has 6 rings (SSSR count). The number of hydrogen-bond donors (Lipinski definition) is 1. The highest BCUT2D eigenvalue weighted by molar-refractivity contribution is 5.99. The Labute approximate surface area is 270 Å². The van der Waals surface area contributed by atoms with Crippen LogP contribution in [0.1, 0.15) is 35.6 Å². The standard InChI is InChI=1S/C38H41N3O5/c1-3-22-39(24-27-14-8-5-9-15-27)35(43)32-31-20-21-38(46-31)33(32)36(44)41(30(26-42)29-18-12-7-13-19-29)34(38)37(45)40(23-4-2)25-28-16-10-6-11-17-28/h3-19,30-34,42H,1-2,20-26H2/t30-,31+,32-,33+,34?,38?/m1/s1. The van der Waals surface area contributed by atoms with E-state index in [0.717, 1.165) is 11.1 Å². The zero-order valence-corrected chi connectivity index (χ0v) is 26.0. The SMILES string of the molecule is C=CCN(Cc1ccccc1)C(=O)C1N([C@H](CO)c2ccccc2)C(=O)[C@@H]2[C@H](C(=O)N(CC=C)Cc3ccccc3)[C@@H]3CCC12O3. The predicted octanol–water partition coefficient (Wildman–Crippen LogP) is 4.52. The van der Waals surface area contributed by atoms with Gasteiger partial charge in [-0.3, -0.25) is 14.4 Å². The van der Waals surface area contributed by atoms with Crippen LogP contribution in [0.15, 0.2) is 116 Å². The maximum Gasteiger partial charge on any atom is 0.249 e. The lowest BCUT2D eigenvalue weighted by molar-refractivity contribution is -0.152. The number of benzene rings is 3. The lowest BCUT2D eigenvalue weighted by Crippen LogP contribution is -2.57. The molecule has 2 unspecified atom stereocenters. The number of amides is 3. The summed E-state index contributed by atoms with van der Waals surface area (Å²) >= 11 is 0. The van der Waals surface area contributed by atoms with E-state index >= 15 is 0 Å². The maximum atomic E-state index is 14.8. The van der Waals surface area contributed by atoms with Crippen molar-refractivity contribution in [1.82, 2.24) is 14.7 Å². The van der Waals surface area contributed by atoms with Gasteiger partial charge in [0.2, 0.25) is 17.7 Å². The highest BCUT2D eigenvalue weighted by Gasteiger charge is 2.75. The summed E-state index contributed by atoms with van der Waals surface area (Å²) in [6, 6.07) is 26.8. The first kappa shape index (κ1) is 31.5. The predicted molar refractivity (Wildman–Crippen MR) is 175 cm³/mol. The van der Waals surface area contributed by atoms with Crippen LogP contribution in [0.4, 0.5) is 0 Å². The van der Waals surface area contributed by atoms with Gasteiger partial charge >= 0.3 is 0 Å². The number of fused-ring (bicyclic) bond motifs is 1. The van der Waals surface area contributed by atoms with E-state index in [2.05, 4.69) is 13.2 Å². The van der Waals surface area contributed by atoms with E-state index in [1.807, 2.05) is 91.0 Å². The van der Waals surface area contributed by atoms with Gasteiger partial charge in [0, 0.05) is 26.2 Å². The smallest absolute Gasteiger partial charge is 0.249 e. The molecule has 3 aromatic carbocycles. The van der Waals surface area contributed by atoms with Crippen LogP contribution in [0.3, 0.4) is 0 Å². The lowest BCUT2D eigenvalue weighted by atomic mass is 9.70. The number of carbonyl (C=O) groups excluding carboxylic acids is 3. The average molecular weight is 620 g/mol. The second-order valence-corrected chi connectivity index (χ2v) is 12.4. The van der Waals surface area contributed by atoms with Crippen LogP contribution < -0.4 is 0 Å². The monoisotopic (exact) mass is 619 g/mol. The molecule has 0 aliphatic carbocycles. The molecule has 8 heteroatoms. The Hall–Kier alpha value is -4.53. The summed E-state index contributed by atoms with van der Waals surface area (Å²) in [4.78, 5) is 49.0. The van der Waals surface area contributed by atoms with E-state index in [0.29, 0.717) is 38.0 Å². The third-order valence-electron chi connectivity index (χ3n) is 9.71. The molecule has 8 nitrogen and oxygen atoms in total. The third-order valence-corrected chi connectivity index (χ3v) is 9.71. The summed E-state index contributed by atoms with van der Waals surface area (Å²) in [5, 5.41) is 10.8. The van der Waals surface area contributed by atoms with Crippen molar-refractivity contribution in [1.29, 1.82) is 0 Å². The minimum Gasteiger partial charge on any atom is -0.394 e. The molecule has 3 heterocycles. The molecule has 238 valence electrons. The van der Waals surface area contributed by atoms with Crippen LogP contribution in [0, 0.1) is 11.8 Å². The van der Waals surface area contributed by atoms with E-state index in [9.17, 15) is 19.5 Å². The molecule has 3 aliphatic rings. The molecule has 0 aromatic heterocycles. The molecule has 1 N–H and O–H groups in total. The summed E-state index contributed by atoms with van der Waals surface area (Å²) in [7, 11) is 0. The Morgan fingerprint density at radius 2 is 1.39 bits per heavy atom. The number of nitrogens with zero attached hydrogens (tertiary/aromatic N) is 3. The normalized spacial score (nSPS) is 25.2. The highest BCUT2D eigenvalue weighted by atomic mass is 16.5. The van der Waals surface area contributed by atoms with Crippen LogP contribution in [0.2, 0.25) is 0 Å². The van der Waals surface area contributed by atoms with E-state index in [-0.39, 0.29) is 30.9 Å². The molecule has 0 radical (unpaired) electrons. The van der Waals surface area contributed by atoms with Gasteiger partial charge in [-0.05, 0) is 29.5 Å². The van der Waals surface area contributed by atoms with Crippen molar-refractivity contribution in [2.45, 2.75) is 49.7 Å². The Balaban J connectivity index is 1.41. The number of ether oxygens (including phenoxy) is 1. The number of carbonyl (C=O) groups is 3. The van der Waals surface area contributed by atoms with Crippen LogP contribution in [0.5, 0.6) is 0 Å². The minimum absolute atomic E-state index is 0.186. The molecule has 3 saturated heterocycles. The number of aliphatic hydroxyl groups is 1. The minimum atomic E-state index is -1.20. The zero-order valence-electron chi connectivity index (χ0n) is 26.0. The first-order valence-corrected chi connectivity index (χ1v) is 16.0. The Morgan fingerprint density at radius 1 is 0.870 bits per heavy atom. The molecule has 2 bridgehead atoms. The Bertz CT molecular complexity index is 1560. The Morgan fingerprint density at radius 3 is 1.91 bits per heavy atom. The van der Waals surface area contributed by atoms with Crippen molar-refractivity contribution in [3.8, 4) is 0 Å². The largest absolute Gasteiger partial charge is 0.394 e. The van der Waals surface area contributed by atoms with Gasteiger partial charge in [-0.15, -0.1) is 13.2 Å². The molecule has 3 aromatic rings. The van der Waals surface area contributed by atoms with Gasteiger partial charge in [0.1, 0.15) is 11.6 Å². The van der Waals surface area contributed by atoms with Crippen molar-refractivity contribution in [3.05, 3.63) is 133 Å². The van der Waals surface area contributed by atoms with Crippen LogP contribution >= 0.6 is 0 Å². The molecule has 46 heavy (non-hydrogen) atoms. The number of aliphatic hydroxyl groups excluding tert-OH is 1. The van der Waals surface area contributed by atoms with Crippen molar-refractivity contribution in [2.24, 2.45) is 11.8 Å². The fourth-order valence-corrected chi connectivity index (χ4v) is 7.79. The molecular weight excluding hydrogens is 578 g/mol. The second-order valence-electron chi connectivity index (χ2n) is 12.4. The van der Waals surface area contributed by atoms with Crippen LogP contribution in [-0.4, -0.2) is 75.0 Å². The number of rotatable bonds is 13. The molecule has 1 spiro atoms. The third kappa shape index (κ3) is 5.56. The molecule has 3 fully saturated rings. The van der Waals surface area contributed by atoms with Crippen molar-refractivity contribution < 1.29 is 24.2 Å². The topological polar surface area (TPSA) is 90.4 Å². The maximum absolute atomic E-state index is 14.8. The van der Waals surface area contributed by atoms with Gasteiger partial charge in [0.25, 0.3) is 0 Å². The zero-order chi connectivity index (χ0) is 32.3. The van der Waals surface area contributed by atoms with Gasteiger partial charge in [-0.1, -0.05) is 103 Å². The van der Waals surface area contributed by atoms with Gasteiger partial charge in [0.15, 0.2) is 0 Å². The summed E-state index contributed by atoms with van der Waals surface area (Å²) < 4.78 is 6.75. The summed E-state index contributed by atoms with van der Waals surface area (Å²) in [5.41, 5.74) is 1.41. The highest BCUT2D eigenvalue weighted by Crippen LogP contribution is 2.60. The Kier molecular flexibility index (Phi) is 9.20. The summed E-state index contributed by atoms with van der Waals surface area (Å²) in [5.74, 6) is -2.43. The summed E-state index contributed by atoms with van der Waals surface area (Å²) in [6.07, 6.45) is 3.89. The molecule has 6 atom stereocenters. The van der Waals surface area contributed by atoms with E-state index in [1.165, 1.54) is 4.90 Å². The lowest BCUT2D eigenvalue weighted by Gasteiger charge is -2.39. The molecule has 0 saturated carbocycles. The average Bonchev–Trinajstić information content (AvgIpc) is 3.73. The van der Waals surface area contributed by atoms with Gasteiger partial charge < -0.3 is 24.5 Å². The van der Waals surface area contributed by atoms with Crippen molar-refractivity contribution in [2.75, 3.05) is 19.7 Å². The van der Waals surface area contributed by atoms with Gasteiger partial charge in [0.05, 0.1) is 30.6 Å². The number of likely N-dealkylation sites (tertiary alicyclic amines) is 1. The molecule has 3 amide bonds. The number of hydrogen-bond acceptors (Lipinski definition) is 5. The molecular formula is C38H41N3O5. The van der Waals surface area contributed by atoms with Gasteiger partial charge in [-0.2, -0.15) is 0 Å². The van der Waals surface area contributed by atoms with E-state index in [4.69, 9.17) is 4.74 Å². The van der Waals surface area contributed by atoms with Crippen LogP contribution in [-0.2, 0) is 32.2 Å². The van der Waals surface area contributed by atoms with E-state index < -0.39 is 35.6 Å². The van der Waals surface area contributed by atoms with Gasteiger partial charge in [-0.25, -0.2) is 0 Å². The van der Waals surface area contributed by atoms with E-state index in [1.54, 1.807) is 22.0 Å². The first-order valence-electron chi connectivity index (χ1n) is 16.0. The second kappa shape index (κ2) is 13.4. The van der Waals surface area contributed by atoms with Crippen molar-refractivity contribution in [3.63, 3.8) is 0 Å². The quantitative estimate of drug-likeness (QED) is 0.284.